The van der Waals surface area contributed by atoms with Crippen LogP contribution < -0.4 is 24.4 Å². The van der Waals surface area contributed by atoms with Gasteiger partial charge in [0.05, 0.1) is 30.0 Å². The van der Waals surface area contributed by atoms with Gasteiger partial charge in [0.1, 0.15) is 5.75 Å². The van der Waals surface area contributed by atoms with Crippen molar-refractivity contribution in [3.05, 3.63) is 82.2 Å². The van der Waals surface area contributed by atoms with E-state index in [0.717, 1.165) is 0 Å². The molecule has 10 heteroatoms. The first-order valence-corrected chi connectivity index (χ1v) is 12.9. The number of para-hydroxylation sites is 2. The Morgan fingerprint density at radius 2 is 1.86 bits per heavy atom. The summed E-state index contributed by atoms with van der Waals surface area (Å²) in [5, 5.41) is 3.30. The fraction of sp³-hybridized carbons (Fsp3) is 0.148. The van der Waals surface area contributed by atoms with Crippen LogP contribution in [0.1, 0.15) is 12.5 Å². The monoisotopic (exact) mass is 554 g/mol. The number of ether oxygens (including phenoxy) is 3. The Labute approximate surface area is 229 Å². The number of nitrogens with one attached hydrogen (secondary N) is 1. The molecule has 0 aromatic heterocycles. The molecule has 0 spiro atoms. The molecule has 37 heavy (non-hydrogen) atoms. The minimum Gasteiger partial charge on any atom is -0.493 e. The fourth-order valence-corrected chi connectivity index (χ4v) is 5.01. The highest BCUT2D eigenvalue weighted by molar-refractivity contribution is 8.27. The summed E-state index contributed by atoms with van der Waals surface area (Å²) >= 11 is 12.7. The number of anilines is 2. The normalized spacial score (nSPS) is 14.1. The van der Waals surface area contributed by atoms with E-state index in [1.807, 2.05) is 19.1 Å². The minimum absolute atomic E-state index is 0.228. The topological polar surface area (TPSA) is 77.1 Å². The molecule has 3 aromatic rings. The van der Waals surface area contributed by atoms with Crippen molar-refractivity contribution in [2.75, 3.05) is 30.5 Å². The number of carbonyl (C=O) groups excluding carboxylic acids is 2. The van der Waals surface area contributed by atoms with Crippen molar-refractivity contribution in [2.45, 2.75) is 6.92 Å². The molecule has 0 atom stereocenters. The van der Waals surface area contributed by atoms with E-state index in [-0.39, 0.29) is 18.4 Å². The quantitative estimate of drug-likeness (QED) is 0.250. The zero-order valence-electron chi connectivity index (χ0n) is 20.0. The van der Waals surface area contributed by atoms with Crippen molar-refractivity contribution >= 4 is 69.2 Å². The average Bonchev–Trinajstić information content (AvgIpc) is 3.16. The molecule has 1 fully saturated rings. The smallest absolute Gasteiger partial charge is 0.270 e. The van der Waals surface area contributed by atoms with Gasteiger partial charge in [-0.2, -0.15) is 0 Å². The molecule has 0 saturated carbocycles. The van der Waals surface area contributed by atoms with E-state index in [1.165, 1.54) is 23.8 Å². The van der Waals surface area contributed by atoms with E-state index in [1.54, 1.807) is 60.7 Å². The second-order valence-corrected chi connectivity index (χ2v) is 9.79. The molecule has 0 bridgehead atoms. The fourth-order valence-electron chi connectivity index (χ4n) is 3.53. The molecule has 1 aliphatic rings. The van der Waals surface area contributed by atoms with Gasteiger partial charge in [0, 0.05) is 5.02 Å². The van der Waals surface area contributed by atoms with Crippen LogP contribution in [0.25, 0.3) is 6.08 Å². The lowest BCUT2D eigenvalue weighted by atomic mass is 10.2. The first-order chi connectivity index (χ1) is 17.9. The second-order valence-electron chi connectivity index (χ2n) is 7.67. The highest BCUT2D eigenvalue weighted by Crippen LogP contribution is 2.38. The number of rotatable bonds is 9. The molecule has 7 nitrogen and oxygen atoms in total. The molecular formula is C27H23ClN2O5S2. The number of thiocarbonyl (C=S) groups is 1. The highest BCUT2D eigenvalue weighted by atomic mass is 35.5. The maximum Gasteiger partial charge on any atom is 0.270 e. The number of halogens is 1. The first kappa shape index (κ1) is 26.5. The number of methoxy groups -OCH3 is 1. The van der Waals surface area contributed by atoms with Crippen molar-refractivity contribution in [1.29, 1.82) is 0 Å². The van der Waals surface area contributed by atoms with Crippen LogP contribution in [0.3, 0.4) is 0 Å². The molecule has 4 rings (SSSR count). The van der Waals surface area contributed by atoms with Crippen LogP contribution in [-0.4, -0.2) is 36.5 Å². The van der Waals surface area contributed by atoms with Gasteiger partial charge >= 0.3 is 0 Å². The predicted molar refractivity (Wildman–Crippen MR) is 152 cm³/mol. The summed E-state index contributed by atoms with van der Waals surface area (Å²) in [6.45, 7) is 2.13. The Morgan fingerprint density at radius 1 is 1.05 bits per heavy atom. The number of carbonyl (C=O) groups is 2. The van der Waals surface area contributed by atoms with Crippen molar-refractivity contribution in [3.8, 4) is 17.2 Å². The van der Waals surface area contributed by atoms with Gasteiger partial charge in [-0.1, -0.05) is 59.8 Å². The molecular weight excluding hydrogens is 532 g/mol. The van der Waals surface area contributed by atoms with Crippen molar-refractivity contribution in [3.63, 3.8) is 0 Å². The van der Waals surface area contributed by atoms with Gasteiger partial charge in [0.25, 0.3) is 11.8 Å². The summed E-state index contributed by atoms with van der Waals surface area (Å²) < 4.78 is 17.1. The molecule has 0 aliphatic carbocycles. The van der Waals surface area contributed by atoms with Crippen LogP contribution in [0.2, 0.25) is 5.02 Å². The lowest BCUT2D eigenvalue weighted by Crippen LogP contribution is -2.27. The zero-order chi connectivity index (χ0) is 26.4. The molecule has 190 valence electrons. The number of amides is 2. The molecule has 0 radical (unpaired) electrons. The van der Waals surface area contributed by atoms with Crippen molar-refractivity contribution in [1.82, 2.24) is 0 Å². The van der Waals surface area contributed by atoms with E-state index in [0.29, 0.717) is 55.0 Å². The molecule has 1 heterocycles. The lowest BCUT2D eigenvalue weighted by Gasteiger charge is -2.14. The molecule has 2 amide bonds. The van der Waals surface area contributed by atoms with Gasteiger partial charge in [0.2, 0.25) is 0 Å². The van der Waals surface area contributed by atoms with Crippen LogP contribution in [0.4, 0.5) is 11.4 Å². The van der Waals surface area contributed by atoms with Crippen LogP contribution in [0.5, 0.6) is 17.2 Å². The number of nitrogens with zero attached hydrogens (tertiary/aromatic N) is 1. The number of benzene rings is 3. The number of hydrogen-bond donors (Lipinski definition) is 1. The summed E-state index contributed by atoms with van der Waals surface area (Å²) in [6.07, 6.45) is 1.73. The third-order valence-corrected chi connectivity index (χ3v) is 6.70. The molecule has 1 N–H and O–H groups in total. The van der Waals surface area contributed by atoms with Gasteiger partial charge in [0.15, 0.2) is 22.4 Å². The van der Waals surface area contributed by atoms with Crippen molar-refractivity contribution < 1.29 is 23.8 Å². The SMILES string of the molecule is CCOc1ccccc1NC(=O)COc1ccc(/C=C2\SC(=S)N(c3cccc(Cl)c3)C2=O)cc1OC. The number of hydrogen-bond acceptors (Lipinski definition) is 7. The van der Waals surface area contributed by atoms with E-state index < -0.39 is 0 Å². The maximum atomic E-state index is 13.0. The van der Waals surface area contributed by atoms with E-state index in [9.17, 15) is 9.59 Å². The van der Waals surface area contributed by atoms with E-state index in [2.05, 4.69) is 5.32 Å². The van der Waals surface area contributed by atoms with Gasteiger partial charge in [-0.15, -0.1) is 0 Å². The Kier molecular flexibility index (Phi) is 8.70. The Morgan fingerprint density at radius 3 is 2.62 bits per heavy atom. The second kappa shape index (κ2) is 12.1. The van der Waals surface area contributed by atoms with Crippen LogP contribution in [-0.2, 0) is 9.59 Å². The Bertz CT molecular complexity index is 1380. The number of thioether (sulfide) groups is 1. The molecule has 1 aliphatic heterocycles. The van der Waals surface area contributed by atoms with Gasteiger partial charge < -0.3 is 19.5 Å². The predicted octanol–water partition coefficient (Wildman–Crippen LogP) is 6.17. The summed E-state index contributed by atoms with van der Waals surface area (Å²) in [4.78, 5) is 27.4. The molecule has 1 saturated heterocycles. The zero-order valence-corrected chi connectivity index (χ0v) is 22.4. The minimum atomic E-state index is -0.344. The highest BCUT2D eigenvalue weighted by Gasteiger charge is 2.33. The van der Waals surface area contributed by atoms with Crippen molar-refractivity contribution in [2.24, 2.45) is 0 Å². The van der Waals surface area contributed by atoms with Gasteiger partial charge in [-0.05, 0) is 61.0 Å². The summed E-state index contributed by atoms with van der Waals surface area (Å²) in [7, 11) is 1.50. The van der Waals surface area contributed by atoms with Gasteiger partial charge in [-0.3, -0.25) is 14.5 Å². The van der Waals surface area contributed by atoms with E-state index in [4.69, 9.17) is 38.0 Å². The Hall–Kier alpha value is -3.53. The standard InChI is InChI=1S/C27H23ClN2O5S2/c1-3-34-21-10-5-4-9-20(21)29-25(31)16-35-22-12-11-17(13-23(22)33-2)14-24-26(32)30(27(36)37-24)19-8-6-7-18(28)15-19/h4-15H,3,16H2,1-2H3,(H,29,31)/b24-14-. The van der Waals surface area contributed by atoms with Crippen LogP contribution in [0.15, 0.2) is 71.6 Å². The first-order valence-electron chi connectivity index (χ1n) is 11.3. The third-order valence-electron chi connectivity index (χ3n) is 5.17. The summed E-state index contributed by atoms with van der Waals surface area (Å²) in [5.41, 5.74) is 1.89. The third kappa shape index (κ3) is 6.43. The van der Waals surface area contributed by atoms with Crippen LogP contribution >= 0.6 is 35.6 Å². The molecule has 0 unspecified atom stereocenters. The molecule has 3 aromatic carbocycles. The van der Waals surface area contributed by atoms with E-state index >= 15 is 0 Å². The Balaban J connectivity index is 1.44. The van der Waals surface area contributed by atoms with Gasteiger partial charge in [-0.25, -0.2) is 0 Å². The largest absolute Gasteiger partial charge is 0.493 e. The summed E-state index contributed by atoms with van der Waals surface area (Å²) in [6, 6.07) is 19.3. The average molecular weight is 555 g/mol. The summed E-state index contributed by atoms with van der Waals surface area (Å²) in [5.74, 6) is 0.811. The maximum absolute atomic E-state index is 13.0. The lowest BCUT2D eigenvalue weighted by molar-refractivity contribution is -0.118. The van der Waals surface area contributed by atoms with Crippen LogP contribution in [0, 0.1) is 0 Å².